The summed E-state index contributed by atoms with van der Waals surface area (Å²) in [6.45, 7) is 0. The molecule has 4 nitrogen and oxygen atoms in total. The van der Waals surface area contributed by atoms with Crippen molar-refractivity contribution in [3.8, 4) is 0 Å². The minimum Gasteiger partial charge on any atom is -0.370 e. The molecule has 0 aliphatic heterocycles. The van der Waals surface area contributed by atoms with Crippen LogP contribution in [0.15, 0.2) is 35.9 Å². The molecule has 0 N–H and O–H groups in total. The molecule has 22 heavy (non-hydrogen) atoms. The molecule has 3 rings (SSSR count). The zero-order valence-corrected chi connectivity index (χ0v) is 13.3. The van der Waals surface area contributed by atoms with Crippen molar-refractivity contribution in [3.05, 3.63) is 58.4 Å². The van der Waals surface area contributed by atoms with E-state index in [1.165, 1.54) is 0 Å². The van der Waals surface area contributed by atoms with Crippen molar-refractivity contribution >= 4 is 22.9 Å². The summed E-state index contributed by atoms with van der Waals surface area (Å²) in [6.07, 6.45) is 1.92. The number of carbonyl (C=O) groups is 1. The van der Waals surface area contributed by atoms with Crippen molar-refractivity contribution in [1.82, 2.24) is 9.78 Å². The molecule has 1 aromatic carbocycles. The Morgan fingerprint density at radius 3 is 2.68 bits per heavy atom. The Kier molecular flexibility index (Phi) is 4.14. The van der Waals surface area contributed by atoms with E-state index in [1.807, 2.05) is 42.1 Å². The number of aryl methyl sites for hydroxylation is 2. The first-order chi connectivity index (χ1) is 10.7. The second-order valence-electron chi connectivity index (χ2n) is 5.31. The van der Waals surface area contributed by atoms with Crippen molar-refractivity contribution in [1.29, 1.82) is 0 Å². The number of allylic oxidation sites excluding steroid dienone is 1. The van der Waals surface area contributed by atoms with Gasteiger partial charge >= 0.3 is 0 Å². The van der Waals surface area contributed by atoms with Gasteiger partial charge in [-0.3, -0.25) is 9.48 Å². The highest BCUT2D eigenvalue weighted by Crippen LogP contribution is 2.39. The van der Waals surface area contributed by atoms with E-state index in [1.54, 1.807) is 7.11 Å². The van der Waals surface area contributed by atoms with Crippen molar-refractivity contribution < 1.29 is 9.53 Å². The van der Waals surface area contributed by atoms with Crippen molar-refractivity contribution in [2.24, 2.45) is 7.05 Å². The fraction of sp³-hybridized carbons (Fsp3) is 0.294. The summed E-state index contributed by atoms with van der Waals surface area (Å²) in [6, 6.07) is 9.92. The van der Waals surface area contributed by atoms with Gasteiger partial charge in [0.15, 0.2) is 0 Å². The number of aldehydes is 1. The molecule has 0 radical (unpaired) electrons. The van der Waals surface area contributed by atoms with Crippen LogP contribution in [-0.4, -0.2) is 23.2 Å². The number of fused-ring (bicyclic) bond motifs is 1. The number of carbonyl (C=O) groups excluding carboxylic acids is 1. The van der Waals surface area contributed by atoms with Crippen LogP contribution >= 0.6 is 11.6 Å². The van der Waals surface area contributed by atoms with Gasteiger partial charge in [-0.05, 0) is 18.4 Å². The van der Waals surface area contributed by atoms with Crippen LogP contribution < -0.4 is 0 Å². The van der Waals surface area contributed by atoms with Gasteiger partial charge in [0, 0.05) is 25.3 Å². The van der Waals surface area contributed by atoms with Gasteiger partial charge in [0.25, 0.3) is 0 Å². The highest BCUT2D eigenvalue weighted by molar-refractivity contribution is 6.51. The molecule has 1 heterocycles. The van der Waals surface area contributed by atoms with E-state index in [-0.39, 0.29) is 6.10 Å². The summed E-state index contributed by atoms with van der Waals surface area (Å²) >= 11 is 6.46. The molecule has 1 aliphatic rings. The van der Waals surface area contributed by atoms with Crippen molar-refractivity contribution in [3.63, 3.8) is 0 Å². The smallest absolute Gasteiger partial charge is 0.147 e. The van der Waals surface area contributed by atoms with E-state index in [0.29, 0.717) is 17.0 Å². The highest BCUT2D eigenvalue weighted by atomic mass is 35.5. The molecule has 1 aromatic heterocycles. The maximum Gasteiger partial charge on any atom is 0.147 e. The first-order valence-electron chi connectivity index (χ1n) is 7.15. The van der Waals surface area contributed by atoms with Crippen molar-refractivity contribution in [2.75, 3.05) is 7.11 Å². The third kappa shape index (κ3) is 2.38. The lowest BCUT2D eigenvalue weighted by molar-refractivity contribution is -0.105. The molecule has 0 saturated heterocycles. The van der Waals surface area contributed by atoms with Crippen LogP contribution in [0.25, 0.3) is 5.03 Å². The molecule has 0 bridgehead atoms. The van der Waals surface area contributed by atoms with Gasteiger partial charge in [0.05, 0.1) is 16.4 Å². The Labute approximate surface area is 134 Å². The lowest BCUT2D eigenvalue weighted by Crippen LogP contribution is -2.12. The molecule has 5 heteroatoms. The molecule has 1 unspecified atom stereocenters. The largest absolute Gasteiger partial charge is 0.370 e. The van der Waals surface area contributed by atoms with E-state index >= 15 is 0 Å². The molecule has 1 aliphatic carbocycles. The van der Waals surface area contributed by atoms with Gasteiger partial charge in [0.2, 0.25) is 0 Å². The maximum absolute atomic E-state index is 11.2. The van der Waals surface area contributed by atoms with Crippen LogP contribution in [0.4, 0.5) is 0 Å². The Morgan fingerprint density at radius 2 is 2.05 bits per heavy atom. The van der Waals surface area contributed by atoms with Crippen LogP contribution in [0.3, 0.4) is 0 Å². The second kappa shape index (κ2) is 6.07. The number of aromatic nitrogens is 2. The van der Waals surface area contributed by atoms with Gasteiger partial charge in [-0.2, -0.15) is 5.10 Å². The third-order valence-electron chi connectivity index (χ3n) is 4.03. The second-order valence-corrected chi connectivity index (χ2v) is 5.69. The van der Waals surface area contributed by atoms with E-state index < -0.39 is 0 Å². The van der Waals surface area contributed by atoms with E-state index in [9.17, 15) is 4.79 Å². The summed E-state index contributed by atoms with van der Waals surface area (Å²) in [5, 5.41) is 5.06. The lowest BCUT2D eigenvalue weighted by Gasteiger charge is -2.20. The van der Waals surface area contributed by atoms with Gasteiger partial charge < -0.3 is 4.74 Å². The number of halogens is 1. The number of hydrogen-bond donors (Lipinski definition) is 0. The van der Waals surface area contributed by atoms with Crippen LogP contribution in [0, 0.1) is 0 Å². The van der Waals surface area contributed by atoms with E-state index in [2.05, 4.69) is 5.10 Å². The van der Waals surface area contributed by atoms with Crippen LogP contribution in [0.2, 0.25) is 0 Å². The average Bonchev–Trinajstić information content (AvgIpc) is 2.87. The average molecular weight is 317 g/mol. The summed E-state index contributed by atoms with van der Waals surface area (Å²) < 4.78 is 7.52. The predicted octanol–water partition coefficient (Wildman–Crippen LogP) is 3.25. The summed E-state index contributed by atoms with van der Waals surface area (Å²) in [5.74, 6) is 0. The number of hydrogen-bond acceptors (Lipinski definition) is 3. The number of methoxy groups -OCH3 is 1. The zero-order chi connectivity index (χ0) is 15.7. The predicted molar refractivity (Wildman–Crippen MR) is 85.7 cm³/mol. The molecule has 1 atom stereocenters. The monoisotopic (exact) mass is 316 g/mol. The SMILES string of the molecule is COC(c1ccccc1)c1c2c(nn1C)CCC(C=O)=C2Cl. The maximum atomic E-state index is 11.2. The normalized spacial score (nSPS) is 15.6. The minimum atomic E-state index is -0.276. The van der Waals surface area contributed by atoms with Gasteiger partial charge in [-0.25, -0.2) is 0 Å². The molecule has 114 valence electrons. The molecule has 0 amide bonds. The fourth-order valence-electron chi connectivity index (χ4n) is 2.98. The first-order valence-corrected chi connectivity index (χ1v) is 7.52. The standard InChI is InChI=1S/C17H17ClN2O2/c1-20-16(17(22-2)11-6-4-3-5-7-11)14-13(19-20)9-8-12(10-21)15(14)18/h3-7,10,17H,8-9H2,1-2H3. The summed E-state index contributed by atoms with van der Waals surface area (Å²) in [5.41, 5.74) is 4.30. The lowest BCUT2D eigenvalue weighted by atomic mass is 9.93. The third-order valence-corrected chi connectivity index (χ3v) is 4.46. The Hall–Kier alpha value is -1.91. The van der Waals surface area contributed by atoms with E-state index in [4.69, 9.17) is 16.3 Å². The zero-order valence-electron chi connectivity index (χ0n) is 12.5. The van der Waals surface area contributed by atoms with Gasteiger partial charge in [-0.15, -0.1) is 0 Å². The van der Waals surface area contributed by atoms with Crippen LogP contribution in [0.5, 0.6) is 0 Å². The van der Waals surface area contributed by atoms with Gasteiger partial charge in [-0.1, -0.05) is 41.9 Å². The van der Waals surface area contributed by atoms with Crippen LogP contribution in [0.1, 0.15) is 35.0 Å². The molecule has 0 spiro atoms. The Bertz CT molecular complexity index is 735. The first kappa shape index (κ1) is 15.0. The molecule has 0 fully saturated rings. The summed E-state index contributed by atoms with van der Waals surface area (Å²) in [4.78, 5) is 11.2. The number of rotatable bonds is 4. The number of nitrogens with zero attached hydrogens (tertiary/aromatic N) is 2. The number of benzene rings is 1. The van der Waals surface area contributed by atoms with E-state index in [0.717, 1.165) is 35.2 Å². The minimum absolute atomic E-state index is 0.276. The van der Waals surface area contributed by atoms with Crippen molar-refractivity contribution in [2.45, 2.75) is 18.9 Å². The molecule has 2 aromatic rings. The topological polar surface area (TPSA) is 44.1 Å². The molecule has 0 saturated carbocycles. The molecular formula is C17H17ClN2O2. The number of ether oxygens (including phenoxy) is 1. The highest BCUT2D eigenvalue weighted by Gasteiger charge is 2.30. The summed E-state index contributed by atoms with van der Waals surface area (Å²) in [7, 11) is 3.55. The quantitative estimate of drug-likeness (QED) is 0.813. The Morgan fingerprint density at radius 1 is 1.32 bits per heavy atom. The van der Waals surface area contributed by atoms with Crippen LogP contribution in [-0.2, 0) is 23.0 Å². The molecular weight excluding hydrogens is 300 g/mol. The Balaban J connectivity index is 2.19. The fourth-order valence-corrected chi connectivity index (χ4v) is 3.32. The van der Waals surface area contributed by atoms with Gasteiger partial charge in [0.1, 0.15) is 12.4 Å².